The highest BCUT2D eigenvalue weighted by molar-refractivity contribution is 5.84. The van der Waals surface area contributed by atoms with Gasteiger partial charge in [0.2, 0.25) is 6.04 Å². The Bertz CT molecular complexity index is 680. The van der Waals surface area contributed by atoms with Crippen LogP contribution in [0.2, 0.25) is 0 Å². The van der Waals surface area contributed by atoms with E-state index in [1.165, 1.54) is 0 Å². The van der Waals surface area contributed by atoms with Crippen molar-refractivity contribution in [3.8, 4) is 0 Å². The van der Waals surface area contributed by atoms with Gasteiger partial charge in [-0.25, -0.2) is 0 Å². The van der Waals surface area contributed by atoms with E-state index in [0.29, 0.717) is 12.8 Å². The molecule has 2 aromatic carbocycles. The number of hydrogen-bond acceptors (Lipinski definition) is 3. The highest BCUT2D eigenvalue weighted by atomic mass is 16.6. The van der Waals surface area contributed by atoms with Crippen LogP contribution >= 0.6 is 0 Å². The fraction of sp³-hybridized carbons (Fsp3) is 0.312. The Morgan fingerprint density at radius 1 is 1.10 bits per heavy atom. The van der Waals surface area contributed by atoms with Gasteiger partial charge in [-0.05, 0) is 16.3 Å². The maximum absolute atomic E-state index is 11.7. The van der Waals surface area contributed by atoms with Gasteiger partial charge in [0.25, 0.3) is 0 Å². The van der Waals surface area contributed by atoms with Crippen LogP contribution in [-0.2, 0) is 4.79 Å². The van der Waals surface area contributed by atoms with Gasteiger partial charge in [-0.2, -0.15) is 0 Å². The molecule has 4 nitrogen and oxygen atoms in total. The van der Waals surface area contributed by atoms with Crippen molar-refractivity contribution in [3.63, 3.8) is 0 Å². The zero-order valence-corrected chi connectivity index (χ0v) is 11.0. The molecule has 0 aromatic heterocycles. The minimum atomic E-state index is -0.645. The minimum absolute atomic E-state index is 0.126. The molecule has 1 fully saturated rings. The molecule has 1 aliphatic rings. The first-order valence-corrected chi connectivity index (χ1v) is 6.79. The van der Waals surface area contributed by atoms with Gasteiger partial charge in [0.15, 0.2) is 0 Å². The summed E-state index contributed by atoms with van der Waals surface area (Å²) in [6.45, 7) is 0. The van der Waals surface area contributed by atoms with Crippen molar-refractivity contribution in [1.82, 2.24) is 0 Å². The lowest BCUT2D eigenvalue weighted by Crippen LogP contribution is -2.33. The number of fused-ring (bicyclic) bond motifs is 1. The van der Waals surface area contributed by atoms with Gasteiger partial charge in [0.1, 0.15) is 5.78 Å². The van der Waals surface area contributed by atoms with E-state index in [0.717, 1.165) is 16.3 Å². The molecule has 0 unspecified atom stereocenters. The first kappa shape index (κ1) is 12.8. The van der Waals surface area contributed by atoms with Gasteiger partial charge < -0.3 is 0 Å². The second kappa shape index (κ2) is 5.04. The van der Waals surface area contributed by atoms with Gasteiger partial charge in [-0.1, -0.05) is 42.5 Å². The Balaban J connectivity index is 2.02. The molecule has 3 rings (SSSR count). The number of nitrogens with zero attached hydrogens (tertiary/aromatic N) is 1. The van der Waals surface area contributed by atoms with Crippen LogP contribution in [0.25, 0.3) is 10.8 Å². The molecule has 1 saturated carbocycles. The van der Waals surface area contributed by atoms with Crippen LogP contribution in [0.15, 0.2) is 42.5 Å². The van der Waals surface area contributed by atoms with Crippen molar-refractivity contribution in [2.24, 2.45) is 0 Å². The predicted octanol–water partition coefficient (Wildman–Crippen LogP) is 3.32. The quantitative estimate of drug-likeness (QED) is 0.620. The van der Waals surface area contributed by atoms with Crippen LogP contribution in [0.4, 0.5) is 0 Å². The van der Waals surface area contributed by atoms with Gasteiger partial charge >= 0.3 is 0 Å². The van der Waals surface area contributed by atoms with E-state index in [2.05, 4.69) is 0 Å². The van der Waals surface area contributed by atoms with Crippen LogP contribution < -0.4 is 0 Å². The summed E-state index contributed by atoms with van der Waals surface area (Å²) in [5, 5.41) is 13.4. The van der Waals surface area contributed by atoms with Crippen LogP contribution in [0, 0.1) is 10.1 Å². The number of nitro groups is 1. The second-order valence-corrected chi connectivity index (χ2v) is 5.35. The maximum atomic E-state index is 11.7. The number of hydrogen-bond donors (Lipinski definition) is 0. The summed E-state index contributed by atoms with van der Waals surface area (Å²) in [5.74, 6) is -0.169. The van der Waals surface area contributed by atoms with E-state index >= 15 is 0 Å². The number of carbonyl (C=O) groups excluding carboxylic acids is 1. The molecule has 0 amide bonds. The average Bonchev–Trinajstić information content (AvgIpc) is 2.46. The standard InChI is InChI=1S/C16H15NO3/c18-14-7-8-16(17(19)20)15(10-14)13-6-5-11-3-1-2-4-12(11)9-13/h1-6,9,15-16H,7-8,10H2/t15-,16-/m0/s1. The summed E-state index contributed by atoms with van der Waals surface area (Å²) in [6, 6.07) is 13.1. The third-order valence-electron chi connectivity index (χ3n) is 4.10. The Labute approximate surface area is 116 Å². The highest BCUT2D eigenvalue weighted by Gasteiger charge is 2.38. The topological polar surface area (TPSA) is 60.2 Å². The Morgan fingerprint density at radius 3 is 2.60 bits per heavy atom. The van der Waals surface area contributed by atoms with E-state index in [9.17, 15) is 14.9 Å². The summed E-state index contributed by atoms with van der Waals surface area (Å²) in [5.41, 5.74) is 0.901. The lowest BCUT2D eigenvalue weighted by molar-refractivity contribution is -0.528. The van der Waals surface area contributed by atoms with Crippen molar-refractivity contribution in [2.45, 2.75) is 31.2 Å². The molecule has 4 heteroatoms. The number of Topliss-reactive ketones (excluding diaryl/α,β-unsaturated/α-hetero) is 1. The van der Waals surface area contributed by atoms with Crippen molar-refractivity contribution >= 4 is 16.6 Å². The first-order chi connectivity index (χ1) is 9.65. The molecule has 0 aliphatic heterocycles. The lowest BCUT2D eigenvalue weighted by atomic mass is 9.79. The Kier molecular flexibility index (Phi) is 3.22. The Hall–Kier alpha value is -2.23. The lowest BCUT2D eigenvalue weighted by Gasteiger charge is -2.25. The average molecular weight is 269 g/mol. The fourth-order valence-electron chi connectivity index (χ4n) is 3.02. The third-order valence-corrected chi connectivity index (χ3v) is 4.10. The predicted molar refractivity (Wildman–Crippen MR) is 76.3 cm³/mol. The molecule has 20 heavy (non-hydrogen) atoms. The Morgan fingerprint density at radius 2 is 1.85 bits per heavy atom. The van der Waals surface area contributed by atoms with E-state index in [1.807, 2.05) is 42.5 Å². The summed E-state index contributed by atoms with van der Waals surface area (Å²) in [7, 11) is 0. The SMILES string of the molecule is O=C1CC[C@H]([N+](=O)[O-])[C@H](c2ccc3ccccc3c2)C1. The molecule has 0 bridgehead atoms. The fourth-order valence-corrected chi connectivity index (χ4v) is 3.02. The minimum Gasteiger partial charge on any atom is -0.300 e. The highest BCUT2D eigenvalue weighted by Crippen LogP contribution is 2.34. The van der Waals surface area contributed by atoms with E-state index in [-0.39, 0.29) is 23.0 Å². The summed E-state index contributed by atoms with van der Waals surface area (Å²) >= 11 is 0. The molecule has 0 saturated heterocycles. The molecule has 2 atom stereocenters. The first-order valence-electron chi connectivity index (χ1n) is 6.79. The largest absolute Gasteiger partial charge is 0.300 e. The van der Waals surface area contributed by atoms with Gasteiger partial charge in [0.05, 0.1) is 5.92 Å². The molecule has 0 N–H and O–H groups in total. The van der Waals surface area contributed by atoms with Crippen LogP contribution in [0.3, 0.4) is 0 Å². The van der Waals surface area contributed by atoms with Crippen molar-refractivity contribution < 1.29 is 9.72 Å². The van der Waals surface area contributed by atoms with E-state index < -0.39 is 6.04 Å². The number of benzene rings is 2. The smallest absolute Gasteiger partial charge is 0.220 e. The monoisotopic (exact) mass is 269 g/mol. The molecule has 1 aliphatic carbocycles. The van der Waals surface area contributed by atoms with Crippen molar-refractivity contribution in [1.29, 1.82) is 0 Å². The zero-order chi connectivity index (χ0) is 14.1. The van der Waals surface area contributed by atoms with Gasteiger partial charge in [-0.3, -0.25) is 14.9 Å². The second-order valence-electron chi connectivity index (χ2n) is 5.35. The molecule has 0 spiro atoms. The molecular formula is C16H15NO3. The zero-order valence-electron chi connectivity index (χ0n) is 11.0. The van der Waals surface area contributed by atoms with Gasteiger partial charge in [-0.15, -0.1) is 0 Å². The molecule has 0 heterocycles. The van der Waals surface area contributed by atoms with E-state index in [4.69, 9.17) is 0 Å². The van der Waals surface area contributed by atoms with Crippen molar-refractivity contribution in [2.75, 3.05) is 0 Å². The number of ketones is 1. The number of rotatable bonds is 2. The molecule has 102 valence electrons. The normalized spacial score (nSPS) is 22.9. The van der Waals surface area contributed by atoms with Crippen molar-refractivity contribution in [3.05, 3.63) is 58.1 Å². The third kappa shape index (κ3) is 2.29. The van der Waals surface area contributed by atoms with Crippen LogP contribution in [0.1, 0.15) is 30.7 Å². The summed E-state index contributed by atoms with van der Waals surface area (Å²) in [4.78, 5) is 22.6. The van der Waals surface area contributed by atoms with Crippen LogP contribution in [0.5, 0.6) is 0 Å². The molecule has 2 aromatic rings. The number of carbonyl (C=O) groups is 1. The summed E-state index contributed by atoms with van der Waals surface area (Å²) in [6.07, 6.45) is 0.961. The van der Waals surface area contributed by atoms with Gasteiger partial charge in [0, 0.05) is 24.2 Å². The van der Waals surface area contributed by atoms with Crippen LogP contribution in [-0.4, -0.2) is 16.7 Å². The maximum Gasteiger partial charge on any atom is 0.220 e. The molecular weight excluding hydrogens is 254 g/mol. The summed E-state index contributed by atoms with van der Waals surface area (Å²) < 4.78 is 0. The molecule has 0 radical (unpaired) electrons. The van der Waals surface area contributed by atoms with E-state index in [1.54, 1.807) is 0 Å².